The van der Waals surface area contributed by atoms with Crippen molar-refractivity contribution >= 4 is 23.1 Å². The molecule has 7 nitrogen and oxygen atoms in total. The number of aromatic nitrogens is 4. The fraction of sp³-hybridized carbons (Fsp3) is 0.368. The van der Waals surface area contributed by atoms with Crippen LogP contribution in [0.3, 0.4) is 0 Å². The Morgan fingerprint density at radius 2 is 2.00 bits per heavy atom. The smallest absolute Gasteiger partial charge is 0.356 e. The van der Waals surface area contributed by atoms with E-state index in [0.717, 1.165) is 22.8 Å². The summed E-state index contributed by atoms with van der Waals surface area (Å²) in [4.78, 5) is 22.8. The second-order valence-corrected chi connectivity index (χ2v) is 7.94. The first-order valence-corrected chi connectivity index (χ1v) is 10.2. The van der Waals surface area contributed by atoms with Gasteiger partial charge >= 0.3 is 6.18 Å². The van der Waals surface area contributed by atoms with Crippen molar-refractivity contribution in [2.24, 2.45) is 7.05 Å². The van der Waals surface area contributed by atoms with Crippen molar-refractivity contribution in [3.63, 3.8) is 0 Å². The molecule has 3 aromatic heterocycles. The summed E-state index contributed by atoms with van der Waals surface area (Å²) in [6.45, 7) is 1.20. The Morgan fingerprint density at radius 1 is 1.23 bits per heavy atom. The molecule has 4 rings (SSSR count). The first kappa shape index (κ1) is 20.3. The molecule has 0 aromatic carbocycles. The third-order valence-electron chi connectivity index (χ3n) is 4.92. The lowest BCUT2D eigenvalue weighted by atomic mass is 10.0. The van der Waals surface area contributed by atoms with Crippen LogP contribution in [0.2, 0.25) is 0 Å². The van der Waals surface area contributed by atoms with Gasteiger partial charge in [0.1, 0.15) is 16.5 Å². The van der Waals surface area contributed by atoms with E-state index in [1.54, 1.807) is 16.3 Å². The van der Waals surface area contributed by atoms with Gasteiger partial charge in [-0.05, 0) is 25.0 Å². The molecule has 1 N–H and O–H groups in total. The van der Waals surface area contributed by atoms with E-state index in [9.17, 15) is 18.0 Å². The standard InChI is InChI=1S/C19H19F3N6OS/c1-27-10-12(8-24-27)18-26-15(11-30-18)17(29)25-14-4-6-28(7-5-14)16-3-2-13(9-23-16)19(20,21)22/h2-3,8-11,14H,4-7H2,1H3,(H,25,29). The van der Waals surface area contributed by atoms with Crippen molar-refractivity contribution in [3.8, 4) is 10.6 Å². The lowest BCUT2D eigenvalue weighted by Gasteiger charge is -2.33. The van der Waals surface area contributed by atoms with E-state index < -0.39 is 11.7 Å². The summed E-state index contributed by atoms with van der Waals surface area (Å²) in [7, 11) is 1.82. The van der Waals surface area contributed by atoms with Gasteiger partial charge in [-0.1, -0.05) is 0 Å². The van der Waals surface area contributed by atoms with Crippen molar-refractivity contribution in [3.05, 3.63) is 47.4 Å². The van der Waals surface area contributed by atoms with Crippen LogP contribution in [-0.2, 0) is 13.2 Å². The predicted octanol–water partition coefficient (Wildman–Crippen LogP) is 3.36. The molecule has 1 aliphatic heterocycles. The van der Waals surface area contributed by atoms with Gasteiger partial charge in [0.15, 0.2) is 0 Å². The molecule has 158 valence electrons. The van der Waals surface area contributed by atoms with Gasteiger partial charge in [0.05, 0.1) is 11.8 Å². The molecular formula is C19H19F3N6OS. The van der Waals surface area contributed by atoms with Crippen molar-refractivity contribution in [1.82, 2.24) is 25.1 Å². The lowest BCUT2D eigenvalue weighted by molar-refractivity contribution is -0.137. The van der Waals surface area contributed by atoms with Crippen LogP contribution in [0.15, 0.2) is 36.1 Å². The molecule has 0 spiro atoms. The number of hydrogen-bond donors (Lipinski definition) is 1. The number of pyridine rings is 1. The topological polar surface area (TPSA) is 75.9 Å². The van der Waals surface area contributed by atoms with Crippen LogP contribution in [0.4, 0.5) is 19.0 Å². The highest BCUT2D eigenvalue weighted by Crippen LogP contribution is 2.30. The molecule has 1 saturated heterocycles. The summed E-state index contributed by atoms with van der Waals surface area (Å²) in [5.41, 5.74) is 0.465. The average Bonchev–Trinajstić information content (AvgIpc) is 3.37. The molecule has 11 heteroatoms. The minimum atomic E-state index is -4.39. The average molecular weight is 436 g/mol. The Morgan fingerprint density at radius 3 is 2.60 bits per heavy atom. The van der Waals surface area contributed by atoms with Crippen molar-refractivity contribution < 1.29 is 18.0 Å². The van der Waals surface area contributed by atoms with E-state index in [0.29, 0.717) is 37.4 Å². The normalized spacial score (nSPS) is 15.4. The highest BCUT2D eigenvalue weighted by atomic mass is 32.1. The number of aryl methyl sites for hydroxylation is 1. The first-order chi connectivity index (χ1) is 14.3. The lowest BCUT2D eigenvalue weighted by Crippen LogP contribution is -2.45. The number of alkyl halides is 3. The summed E-state index contributed by atoms with van der Waals surface area (Å²) < 4.78 is 39.7. The summed E-state index contributed by atoms with van der Waals surface area (Å²) in [5, 5.41) is 9.56. The monoisotopic (exact) mass is 436 g/mol. The molecule has 0 bridgehead atoms. The second kappa shape index (κ2) is 8.05. The highest BCUT2D eigenvalue weighted by molar-refractivity contribution is 7.13. The number of thiazole rings is 1. The van der Waals surface area contributed by atoms with Gasteiger partial charge in [-0.2, -0.15) is 18.3 Å². The maximum absolute atomic E-state index is 12.7. The maximum Gasteiger partial charge on any atom is 0.417 e. The summed E-state index contributed by atoms with van der Waals surface area (Å²) in [6.07, 6.45) is 1.35. The van der Waals surface area contributed by atoms with E-state index in [-0.39, 0.29) is 11.9 Å². The van der Waals surface area contributed by atoms with Crippen LogP contribution in [0, 0.1) is 0 Å². The van der Waals surface area contributed by atoms with Crippen LogP contribution >= 0.6 is 11.3 Å². The number of amides is 1. The third-order valence-corrected chi connectivity index (χ3v) is 5.81. The number of halogens is 3. The minimum Gasteiger partial charge on any atom is -0.356 e. The molecule has 0 atom stereocenters. The van der Waals surface area contributed by atoms with Crippen LogP contribution in [0.25, 0.3) is 10.6 Å². The molecule has 1 fully saturated rings. The third kappa shape index (κ3) is 4.45. The summed E-state index contributed by atoms with van der Waals surface area (Å²) >= 11 is 1.38. The Kier molecular flexibility index (Phi) is 5.46. The van der Waals surface area contributed by atoms with Crippen molar-refractivity contribution in [1.29, 1.82) is 0 Å². The van der Waals surface area contributed by atoms with Crippen LogP contribution in [0.5, 0.6) is 0 Å². The maximum atomic E-state index is 12.7. The Labute approximate surface area is 174 Å². The molecule has 3 aromatic rings. The minimum absolute atomic E-state index is 0.0215. The summed E-state index contributed by atoms with van der Waals surface area (Å²) in [6, 6.07) is 2.40. The molecule has 4 heterocycles. The van der Waals surface area contributed by atoms with E-state index in [1.165, 1.54) is 17.4 Å². The SMILES string of the molecule is Cn1cc(-c2nc(C(=O)NC3CCN(c4ccc(C(F)(F)F)cn4)CC3)cs2)cn1. The molecule has 0 unspecified atom stereocenters. The molecule has 1 amide bonds. The van der Waals surface area contributed by atoms with Crippen LogP contribution in [0.1, 0.15) is 28.9 Å². The summed E-state index contributed by atoms with van der Waals surface area (Å²) in [5.74, 6) is 0.279. The van der Waals surface area contributed by atoms with Gasteiger partial charge < -0.3 is 10.2 Å². The molecular weight excluding hydrogens is 417 g/mol. The Balaban J connectivity index is 1.31. The van der Waals surface area contributed by atoms with E-state index >= 15 is 0 Å². The molecule has 0 saturated carbocycles. The van der Waals surface area contributed by atoms with Crippen LogP contribution in [-0.4, -0.2) is 44.8 Å². The zero-order valence-electron chi connectivity index (χ0n) is 16.1. The van der Waals surface area contributed by atoms with Gasteiger partial charge in [-0.25, -0.2) is 9.97 Å². The van der Waals surface area contributed by atoms with Crippen molar-refractivity contribution in [2.45, 2.75) is 25.1 Å². The quantitative estimate of drug-likeness (QED) is 0.679. The van der Waals surface area contributed by atoms with Crippen LogP contribution < -0.4 is 10.2 Å². The number of anilines is 1. The zero-order chi connectivity index (χ0) is 21.3. The van der Waals surface area contributed by atoms with Gasteiger partial charge in [0, 0.05) is 49.5 Å². The number of piperidine rings is 1. The highest BCUT2D eigenvalue weighted by Gasteiger charge is 2.31. The number of nitrogens with one attached hydrogen (secondary N) is 1. The molecule has 30 heavy (non-hydrogen) atoms. The van der Waals surface area contributed by atoms with E-state index in [1.807, 2.05) is 18.1 Å². The number of carbonyl (C=O) groups excluding carboxylic acids is 1. The second-order valence-electron chi connectivity index (χ2n) is 7.08. The van der Waals surface area contributed by atoms with E-state index in [2.05, 4.69) is 20.4 Å². The molecule has 1 aliphatic rings. The first-order valence-electron chi connectivity index (χ1n) is 9.33. The molecule has 0 radical (unpaired) electrons. The van der Waals surface area contributed by atoms with Gasteiger partial charge in [-0.15, -0.1) is 11.3 Å². The van der Waals surface area contributed by atoms with Crippen molar-refractivity contribution in [2.75, 3.05) is 18.0 Å². The fourth-order valence-electron chi connectivity index (χ4n) is 3.30. The molecule has 0 aliphatic carbocycles. The van der Waals surface area contributed by atoms with Gasteiger partial charge in [0.25, 0.3) is 5.91 Å². The Hall–Kier alpha value is -2.95. The number of rotatable bonds is 4. The zero-order valence-corrected chi connectivity index (χ0v) is 16.9. The van der Waals surface area contributed by atoms with Gasteiger partial charge in [-0.3, -0.25) is 9.48 Å². The van der Waals surface area contributed by atoms with E-state index in [4.69, 9.17) is 0 Å². The predicted molar refractivity (Wildman–Crippen MR) is 106 cm³/mol. The Bertz CT molecular complexity index is 1020. The largest absolute Gasteiger partial charge is 0.417 e. The number of carbonyl (C=O) groups is 1. The van der Waals surface area contributed by atoms with Gasteiger partial charge in [0.2, 0.25) is 0 Å². The number of nitrogens with zero attached hydrogens (tertiary/aromatic N) is 5. The number of hydrogen-bond acceptors (Lipinski definition) is 6. The fourth-order valence-corrected chi connectivity index (χ4v) is 4.07.